The first-order valence-electron chi connectivity index (χ1n) is 5.40. The van der Waals surface area contributed by atoms with Gasteiger partial charge in [0.2, 0.25) is 0 Å². The van der Waals surface area contributed by atoms with Gasteiger partial charge in [-0.3, -0.25) is 9.97 Å². The van der Waals surface area contributed by atoms with Crippen LogP contribution in [0.15, 0.2) is 28.3 Å². The number of nitrogens with one attached hydrogen (secondary N) is 1. The Labute approximate surface area is 113 Å². The van der Waals surface area contributed by atoms with E-state index in [1.165, 1.54) is 4.88 Å². The molecule has 2 rings (SSSR count). The largest absolute Gasteiger partial charge is 0.304 e. The van der Waals surface area contributed by atoms with Crippen LogP contribution >= 0.6 is 27.3 Å². The monoisotopic (exact) mass is 311 g/mol. The summed E-state index contributed by atoms with van der Waals surface area (Å²) in [5, 5.41) is 5.53. The second-order valence-corrected chi connectivity index (χ2v) is 5.69. The quantitative estimate of drug-likeness (QED) is 0.939. The summed E-state index contributed by atoms with van der Waals surface area (Å²) in [6.45, 7) is 4.83. The summed E-state index contributed by atoms with van der Waals surface area (Å²) in [6, 6.07) is 2.39. The lowest BCUT2D eigenvalue weighted by Gasteiger charge is -2.12. The SMILES string of the molecule is Cc1cnc(CNC(C)c2sccc2Br)cn1. The fourth-order valence-electron chi connectivity index (χ4n) is 1.48. The molecular weight excluding hydrogens is 298 g/mol. The van der Waals surface area contributed by atoms with E-state index in [9.17, 15) is 0 Å². The predicted octanol–water partition coefficient (Wildman–Crippen LogP) is 3.46. The smallest absolute Gasteiger partial charge is 0.0724 e. The van der Waals surface area contributed by atoms with Crippen LogP contribution in [0.3, 0.4) is 0 Å². The molecule has 17 heavy (non-hydrogen) atoms. The second kappa shape index (κ2) is 5.71. The van der Waals surface area contributed by atoms with Gasteiger partial charge in [-0.1, -0.05) is 0 Å². The summed E-state index contributed by atoms with van der Waals surface area (Å²) in [4.78, 5) is 9.86. The molecule has 0 aliphatic carbocycles. The number of rotatable bonds is 4. The Morgan fingerprint density at radius 3 is 2.82 bits per heavy atom. The van der Waals surface area contributed by atoms with Crippen molar-refractivity contribution in [1.82, 2.24) is 15.3 Å². The standard InChI is InChI=1S/C12H14BrN3S/c1-8-5-16-10(6-14-8)7-15-9(2)12-11(13)3-4-17-12/h3-6,9,15H,7H2,1-2H3. The summed E-state index contributed by atoms with van der Waals surface area (Å²) >= 11 is 5.29. The first-order valence-corrected chi connectivity index (χ1v) is 7.08. The average molecular weight is 312 g/mol. The van der Waals surface area contributed by atoms with Crippen LogP contribution in [0, 0.1) is 6.92 Å². The van der Waals surface area contributed by atoms with Crippen LogP contribution in [0.4, 0.5) is 0 Å². The predicted molar refractivity (Wildman–Crippen MR) is 74.0 cm³/mol. The highest BCUT2D eigenvalue weighted by Gasteiger charge is 2.10. The zero-order valence-electron chi connectivity index (χ0n) is 9.77. The van der Waals surface area contributed by atoms with Crippen molar-refractivity contribution in [3.8, 4) is 0 Å². The number of hydrogen-bond donors (Lipinski definition) is 1. The number of aryl methyl sites for hydroxylation is 1. The zero-order chi connectivity index (χ0) is 12.3. The van der Waals surface area contributed by atoms with Gasteiger partial charge >= 0.3 is 0 Å². The van der Waals surface area contributed by atoms with Gasteiger partial charge in [-0.2, -0.15) is 0 Å². The molecule has 0 aromatic carbocycles. The molecule has 0 amide bonds. The Bertz CT molecular complexity index is 481. The molecular formula is C12H14BrN3S. The van der Waals surface area contributed by atoms with Gasteiger partial charge in [-0.25, -0.2) is 0 Å². The molecule has 2 aromatic rings. The molecule has 0 radical (unpaired) electrons. The molecule has 0 saturated heterocycles. The van der Waals surface area contributed by atoms with Crippen molar-refractivity contribution in [1.29, 1.82) is 0 Å². The van der Waals surface area contributed by atoms with E-state index >= 15 is 0 Å². The second-order valence-electron chi connectivity index (χ2n) is 3.88. The maximum atomic E-state index is 4.32. The molecule has 0 spiro atoms. The molecule has 0 bridgehead atoms. The minimum absolute atomic E-state index is 0.312. The maximum absolute atomic E-state index is 4.32. The zero-order valence-corrected chi connectivity index (χ0v) is 12.2. The van der Waals surface area contributed by atoms with E-state index in [4.69, 9.17) is 0 Å². The highest BCUT2D eigenvalue weighted by molar-refractivity contribution is 9.10. The van der Waals surface area contributed by atoms with E-state index in [0.29, 0.717) is 6.04 Å². The van der Waals surface area contributed by atoms with Gasteiger partial charge in [0.15, 0.2) is 0 Å². The van der Waals surface area contributed by atoms with Crippen molar-refractivity contribution in [2.24, 2.45) is 0 Å². The Balaban J connectivity index is 1.94. The summed E-state index contributed by atoms with van der Waals surface area (Å²) in [5.41, 5.74) is 1.91. The maximum Gasteiger partial charge on any atom is 0.0724 e. The molecule has 0 saturated carbocycles. The Hall–Kier alpha value is -0.780. The van der Waals surface area contributed by atoms with Crippen LogP contribution in [0.5, 0.6) is 0 Å². The highest BCUT2D eigenvalue weighted by Crippen LogP contribution is 2.28. The van der Waals surface area contributed by atoms with Crippen molar-refractivity contribution in [2.75, 3.05) is 0 Å². The van der Waals surface area contributed by atoms with E-state index in [1.807, 2.05) is 13.1 Å². The fraction of sp³-hybridized carbons (Fsp3) is 0.333. The van der Waals surface area contributed by atoms with Crippen LogP contribution in [0.1, 0.15) is 29.2 Å². The van der Waals surface area contributed by atoms with Crippen LogP contribution in [-0.2, 0) is 6.54 Å². The van der Waals surface area contributed by atoms with Gasteiger partial charge in [-0.15, -0.1) is 11.3 Å². The van der Waals surface area contributed by atoms with Gasteiger partial charge in [-0.05, 0) is 41.2 Å². The van der Waals surface area contributed by atoms with E-state index in [2.05, 4.69) is 49.6 Å². The molecule has 2 aromatic heterocycles. The molecule has 1 unspecified atom stereocenters. The first-order chi connectivity index (χ1) is 8.16. The van der Waals surface area contributed by atoms with Crippen LogP contribution < -0.4 is 5.32 Å². The summed E-state index contributed by atoms with van der Waals surface area (Å²) in [7, 11) is 0. The van der Waals surface area contributed by atoms with E-state index in [-0.39, 0.29) is 0 Å². The Kier molecular flexibility index (Phi) is 4.25. The molecule has 3 nitrogen and oxygen atoms in total. The van der Waals surface area contributed by atoms with Crippen molar-refractivity contribution in [3.05, 3.63) is 44.6 Å². The number of aromatic nitrogens is 2. The van der Waals surface area contributed by atoms with Crippen molar-refractivity contribution in [2.45, 2.75) is 26.4 Å². The summed E-state index contributed by atoms with van der Waals surface area (Å²) < 4.78 is 1.16. The van der Waals surface area contributed by atoms with Gasteiger partial charge in [0.1, 0.15) is 0 Å². The third kappa shape index (κ3) is 3.34. The number of halogens is 1. The molecule has 0 fully saturated rings. The average Bonchev–Trinajstić information content (AvgIpc) is 2.74. The normalized spacial score (nSPS) is 12.6. The van der Waals surface area contributed by atoms with Crippen LogP contribution in [-0.4, -0.2) is 9.97 Å². The van der Waals surface area contributed by atoms with Gasteiger partial charge in [0.05, 0.1) is 11.4 Å². The third-order valence-electron chi connectivity index (χ3n) is 2.46. The van der Waals surface area contributed by atoms with Crippen molar-refractivity contribution < 1.29 is 0 Å². The van der Waals surface area contributed by atoms with Crippen LogP contribution in [0.25, 0.3) is 0 Å². The van der Waals surface area contributed by atoms with E-state index < -0.39 is 0 Å². The molecule has 0 aliphatic heterocycles. The Morgan fingerprint density at radius 1 is 1.41 bits per heavy atom. The van der Waals surface area contributed by atoms with E-state index in [1.54, 1.807) is 17.5 Å². The highest BCUT2D eigenvalue weighted by atomic mass is 79.9. The molecule has 90 valence electrons. The summed E-state index contributed by atoms with van der Waals surface area (Å²) in [6.07, 6.45) is 3.61. The molecule has 2 heterocycles. The van der Waals surface area contributed by atoms with Gasteiger partial charge in [0, 0.05) is 34.3 Å². The van der Waals surface area contributed by atoms with Crippen molar-refractivity contribution in [3.63, 3.8) is 0 Å². The van der Waals surface area contributed by atoms with E-state index in [0.717, 1.165) is 22.4 Å². The van der Waals surface area contributed by atoms with Gasteiger partial charge < -0.3 is 5.32 Å². The van der Waals surface area contributed by atoms with Gasteiger partial charge in [0.25, 0.3) is 0 Å². The molecule has 5 heteroatoms. The molecule has 1 atom stereocenters. The topological polar surface area (TPSA) is 37.8 Å². The Morgan fingerprint density at radius 2 is 2.24 bits per heavy atom. The number of thiophene rings is 1. The van der Waals surface area contributed by atoms with Crippen molar-refractivity contribution >= 4 is 27.3 Å². The number of hydrogen-bond acceptors (Lipinski definition) is 4. The number of nitrogens with zero attached hydrogens (tertiary/aromatic N) is 2. The molecule has 0 aliphatic rings. The third-order valence-corrected chi connectivity index (χ3v) is 4.52. The first kappa shape index (κ1) is 12.7. The lowest BCUT2D eigenvalue weighted by Crippen LogP contribution is -2.18. The lowest BCUT2D eigenvalue weighted by molar-refractivity contribution is 0.572. The van der Waals surface area contributed by atoms with Crippen LogP contribution in [0.2, 0.25) is 0 Å². The lowest BCUT2D eigenvalue weighted by atomic mass is 10.2. The summed E-state index contributed by atoms with van der Waals surface area (Å²) in [5.74, 6) is 0. The minimum Gasteiger partial charge on any atom is -0.304 e. The fourth-order valence-corrected chi connectivity index (χ4v) is 3.23. The minimum atomic E-state index is 0.312. The molecule has 1 N–H and O–H groups in total.